The molecular weight excluding hydrogens is 267 g/mol. The summed E-state index contributed by atoms with van der Waals surface area (Å²) in [4.78, 5) is 12.9. The first-order valence-electron chi connectivity index (χ1n) is 7.98. The highest BCUT2D eigenvalue weighted by molar-refractivity contribution is 5.88. The smallest absolute Gasteiger partial charge is 0.230 e. The number of piperidine rings is 1. The molecule has 2 aliphatic rings. The third kappa shape index (κ3) is 2.95. The summed E-state index contributed by atoms with van der Waals surface area (Å²) < 4.78 is 13.2. The number of halogens is 1. The number of benzene rings is 1. The van der Waals surface area contributed by atoms with Gasteiger partial charge in [-0.05, 0) is 49.9 Å². The molecule has 1 amide bonds. The van der Waals surface area contributed by atoms with Crippen LogP contribution in [0.3, 0.4) is 0 Å². The molecule has 0 bridgehead atoms. The highest BCUT2D eigenvalue weighted by Gasteiger charge is 2.43. The van der Waals surface area contributed by atoms with E-state index in [0.29, 0.717) is 0 Å². The molecule has 1 heterocycles. The average Bonchev–Trinajstić information content (AvgIpc) is 3.00. The van der Waals surface area contributed by atoms with E-state index in [2.05, 4.69) is 10.6 Å². The molecule has 2 fully saturated rings. The van der Waals surface area contributed by atoms with Crippen LogP contribution in [-0.2, 0) is 10.2 Å². The third-order valence-electron chi connectivity index (χ3n) is 4.92. The van der Waals surface area contributed by atoms with Crippen molar-refractivity contribution in [1.82, 2.24) is 10.6 Å². The van der Waals surface area contributed by atoms with Gasteiger partial charge >= 0.3 is 0 Å². The summed E-state index contributed by atoms with van der Waals surface area (Å²) in [5.41, 5.74) is 0.508. The lowest BCUT2D eigenvalue weighted by Crippen LogP contribution is -2.51. The Kier molecular flexibility index (Phi) is 4.24. The Bertz CT molecular complexity index is 488. The second kappa shape index (κ2) is 6.14. The van der Waals surface area contributed by atoms with E-state index in [-0.39, 0.29) is 17.8 Å². The van der Waals surface area contributed by atoms with Gasteiger partial charge in [-0.25, -0.2) is 4.39 Å². The van der Waals surface area contributed by atoms with E-state index in [9.17, 15) is 9.18 Å². The minimum atomic E-state index is -0.453. The molecule has 1 atom stereocenters. The zero-order valence-electron chi connectivity index (χ0n) is 12.3. The SMILES string of the molecule is O=C(N[C@H]1CCCNC1)C1(c2ccc(F)cc2)CCCC1. The Hall–Kier alpha value is -1.42. The predicted molar refractivity (Wildman–Crippen MR) is 80.6 cm³/mol. The summed E-state index contributed by atoms with van der Waals surface area (Å²) in [5.74, 6) is -0.121. The van der Waals surface area contributed by atoms with Crippen LogP contribution in [0.5, 0.6) is 0 Å². The van der Waals surface area contributed by atoms with Crippen LogP contribution in [-0.4, -0.2) is 25.0 Å². The molecule has 4 heteroatoms. The molecule has 1 aliphatic carbocycles. The van der Waals surface area contributed by atoms with Crippen LogP contribution in [0.2, 0.25) is 0 Å². The number of carbonyl (C=O) groups excluding carboxylic acids is 1. The number of hydrogen-bond acceptors (Lipinski definition) is 2. The Morgan fingerprint density at radius 3 is 2.52 bits per heavy atom. The number of carbonyl (C=O) groups is 1. The summed E-state index contributed by atoms with van der Waals surface area (Å²) in [6.45, 7) is 1.89. The summed E-state index contributed by atoms with van der Waals surface area (Å²) >= 11 is 0. The van der Waals surface area contributed by atoms with E-state index < -0.39 is 5.41 Å². The first kappa shape index (κ1) is 14.5. The van der Waals surface area contributed by atoms with Gasteiger partial charge in [0.2, 0.25) is 5.91 Å². The van der Waals surface area contributed by atoms with Gasteiger partial charge < -0.3 is 10.6 Å². The average molecular weight is 290 g/mol. The van der Waals surface area contributed by atoms with Crippen molar-refractivity contribution in [3.05, 3.63) is 35.6 Å². The van der Waals surface area contributed by atoms with E-state index in [1.165, 1.54) is 12.1 Å². The van der Waals surface area contributed by atoms with Gasteiger partial charge in [-0.15, -0.1) is 0 Å². The van der Waals surface area contributed by atoms with Crippen LogP contribution in [0.25, 0.3) is 0 Å². The molecule has 0 spiro atoms. The molecule has 3 nitrogen and oxygen atoms in total. The Balaban J connectivity index is 1.79. The van der Waals surface area contributed by atoms with Crippen LogP contribution >= 0.6 is 0 Å². The van der Waals surface area contributed by atoms with Gasteiger partial charge in [0.05, 0.1) is 5.41 Å². The van der Waals surface area contributed by atoms with E-state index >= 15 is 0 Å². The van der Waals surface area contributed by atoms with Crippen molar-refractivity contribution in [3.8, 4) is 0 Å². The van der Waals surface area contributed by atoms with Crippen LogP contribution < -0.4 is 10.6 Å². The first-order valence-corrected chi connectivity index (χ1v) is 7.98. The summed E-state index contributed by atoms with van der Waals surface area (Å²) in [6.07, 6.45) is 6.00. The maximum atomic E-state index is 13.2. The Morgan fingerprint density at radius 1 is 1.19 bits per heavy atom. The number of rotatable bonds is 3. The van der Waals surface area contributed by atoms with E-state index in [4.69, 9.17) is 0 Å². The molecular formula is C17H23FN2O. The maximum absolute atomic E-state index is 13.2. The molecule has 1 aromatic rings. The van der Waals surface area contributed by atoms with Crippen molar-refractivity contribution < 1.29 is 9.18 Å². The largest absolute Gasteiger partial charge is 0.351 e. The lowest BCUT2D eigenvalue weighted by atomic mass is 9.77. The minimum Gasteiger partial charge on any atom is -0.351 e. The van der Waals surface area contributed by atoms with E-state index in [1.807, 2.05) is 0 Å². The molecule has 1 aromatic carbocycles. The zero-order chi connectivity index (χ0) is 14.7. The van der Waals surface area contributed by atoms with Gasteiger partial charge in [-0.2, -0.15) is 0 Å². The van der Waals surface area contributed by atoms with Gasteiger partial charge in [0.15, 0.2) is 0 Å². The van der Waals surface area contributed by atoms with Gasteiger partial charge in [0.1, 0.15) is 5.82 Å². The lowest BCUT2D eigenvalue weighted by Gasteiger charge is -2.32. The van der Waals surface area contributed by atoms with E-state index in [0.717, 1.165) is 57.2 Å². The Labute approximate surface area is 125 Å². The molecule has 1 aliphatic heterocycles. The summed E-state index contributed by atoms with van der Waals surface area (Å²) in [6, 6.07) is 6.71. The van der Waals surface area contributed by atoms with Crippen molar-refractivity contribution in [1.29, 1.82) is 0 Å². The highest BCUT2D eigenvalue weighted by atomic mass is 19.1. The minimum absolute atomic E-state index is 0.125. The topological polar surface area (TPSA) is 41.1 Å². The van der Waals surface area contributed by atoms with Crippen LogP contribution in [0.1, 0.15) is 44.1 Å². The predicted octanol–water partition coefficient (Wildman–Crippen LogP) is 2.51. The molecule has 114 valence electrons. The quantitative estimate of drug-likeness (QED) is 0.898. The third-order valence-corrected chi connectivity index (χ3v) is 4.92. The molecule has 0 unspecified atom stereocenters. The monoisotopic (exact) mass is 290 g/mol. The molecule has 0 radical (unpaired) electrons. The van der Waals surface area contributed by atoms with Crippen LogP contribution in [0, 0.1) is 5.82 Å². The van der Waals surface area contributed by atoms with E-state index in [1.54, 1.807) is 12.1 Å². The lowest BCUT2D eigenvalue weighted by molar-refractivity contribution is -0.127. The molecule has 3 rings (SSSR count). The fourth-order valence-corrected chi connectivity index (χ4v) is 3.69. The van der Waals surface area contributed by atoms with Gasteiger partial charge in [0.25, 0.3) is 0 Å². The summed E-state index contributed by atoms with van der Waals surface area (Å²) in [7, 11) is 0. The molecule has 0 aromatic heterocycles. The zero-order valence-corrected chi connectivity index (χ0v) is 12.3. The molecule has 21 heavy (non-hydrogen) atoms. The van der Waals surface area contributed by atoms with Crippen molar-refractivity contribution in [2.45, 2.75) is 50.0 Å². The fourth-order valence-electron chi connectivity index (χ4n) is 3.69. The highest BCUT2D eigenvalue weighted by Crippen LogP contribution is 2.41. The van der Waals surface area contributed by atoms with Gasteiger partial charge in [0, 0.05) is 12.6 Å². The molecule has 2 N–H and O–H groups in total. The van der Waals surface area contributed by atoms with Crippen molar-refractivity contribution >= 4 is 5.91 Å². The van der Waals surface area contributed by atoms with Crippen molar-refractivity contribution in [2.75, 3.05) is 13.1 Å². The fraction of sp³-hybridized carbons (Fsp3) is 0.588. The molecule has 1 saturated carbocycles. The Morgan fingerprint density at radius 2 is 1.90 bits per heavy atom. The number of hydrogen-bond donors (Lipinski definition) is 2. The first-order chi connectivity index (χ1) is 10.2. The van der Waals surface area contributed by atoms with Crippen molar-refractivity contribution in [2.24, 2.45) is 0 Å². The van der Waals surface area contributed by atoms with Crippen LogP contribution in [0.15, 0.2) is 24.3 Å². The second-order valence-corrected chi connectivity index (χ2v) is 6.31. The van der Waals surface area contributed by atoms with Crippen molar-refractivity contribution in [3.63, 3.8) is 0 Å². The normalized spacial score (nSPS) is 24.7. The van der Waals surface area contributed by atoms with Gasteiger partial charge in [-0.1, -0.05) is 25.0 Å². The molecule has 1 saturated heterocycles. The number of nitrogens with one attached hydrogen (secondary N) is 2. The van der Waals surface area contributed by atoms with Crippen LogP contribution in [0.4, 0.5) is 4.39 Å². The second-order valence-electron chi connectivity index (χ2n) is 6.31. The number of amides is 1. The standard InChI is InChI=1S/C17H23FN2O/c18-14-7-5-13(6-8-14)17(9-1-2-10-17)16(21)20-15-4-3-11-19-12-15/h5-8,15,19H,1-4,9-12H2,(H,20,21)/t15-/m0/s1. The maximum Gasteiger partial charge on any atom is 0.230 e. The summed E-state index contributed by atoms with van der Waals surface area (Å²) in [5, 5.41) is 6.55. The van der Waals surface area contributed by atoms with Gasteiger partial charge in [-0.3, -0.25) is 4.79 Å².